The van der Waals surface area contributed by atoms with Crippen molar-refractivity contribution in [3.63, 3.8) is 0 Å². The first-order chi connectivity index (χ1) is 9.52. The van der Waals surface area contributed by atoms with Gasteiger partial charge < -0.3 is 30.7 Å². The van der Waals surface area contributed by atoms with Crippen LogP contribution in [0.25, 0.3) is 0 Å². The molecule has 1 amide bonds. The van der Waals surface area contributed by atoms with Crippen molar-refractivity contribution < 1.29 is 24.9 Å². The first-order valence-electron chi connectivity index (χ1n) is 6.10. The molecule has 3 aliphatic rings. The first kappa shape index (κ1) is 13.2. The topological polar surface area (TPSA) is 153 Å². The van der Waals surface area contributed by atoms with Gasteiger partial charge in [-0.15, -0.1) is 0 Å². The van der Waals surface area contributed by atoms with Gasteiger partial charge in [-0.25, -0.2) is 4.99 Å². The van der Waals surface area contributed by atoms with Gasteiger partial charge in [-0.3, -0.25) is 15.1 Å². The summed E-state index contributed by atoms with van der Waals surface area (Å²) < 4.78 is 5.38. The summed E-state index contributed by atoms with van der Waals surface area (Å²) in [7, 11) is 0. The second kappa shape index (κ2) is 4.66. The Bertz CT molecular complexity index is 483. The molecule has 0 aromatic carbocycles. The number of nitrogens with two attached hydrogens (primary N) is 1. The highest BCUT2D eigenvalue weighted by molar-refractivity contribution is 6.02. The normalized spacial score (nSPS) is 43.5. The van der Waals surface area contributed by atoms with Crippen LogP contribution in [-0.2, 0) is 9.53 Å². The van der Waals surface area contributed by atoms with Crippen molar-refractivity contribution in [2.45, 2.75) is 36.7 Å². The molecule has 0 bridgehead atoms. The van der Waals surface area contributed by atoms with Crippen LogP contribution in [0.4, 0.5) is 0 Å². The zero-order valence-corrected chi connectivity index (χ0v) is 10.3. The van der Waals surface area contributed by atoms with Gasteiger partial charge in [0.2, 0.25) is 0 Å². The number of ether oxygens (including phenoxy) is 1. The number of aliphatic hydroxyl groups excluding tert-OH is 3. The summed E-state index contributed by atoms with van der Waals surface area (Å²) in [6.45, 7) is -0.431. The van der Waals surface area contributed by atoms with E-state index >= 15 is 0 Å². The smallest absolute Gasteiger partial charge is 0.255 e. The van der Waals surface area contributed by atoms with E-state index in [9.17, 15) is 15.0 Å². The zero-order chi connectivity index (χ0) is 14.4. The lowest BCUT2D eigenvalue weighted by molar-refractivity contribution is -0.124. The molecule has 1 fully saturated rings. The second-order valence-corrected chi connectivity index (χ2v) is 4.80. The summed E-state index contributed by atoms with van der Waals surface area (Å²) in [5, 5.41) is 31.1. The van der Waals surface area contributed by atoms with Gasteiger partial charge in [-0.05, 0) is 0 Å². The number of fused-ring (bicyclic) bond motifs is 1. The number of guanidine groups is 1. The molecule has 3 heterocycles. The number of rotatable bonds is 2. The van der Waals surface area contributed by atoms with Crippen LogP contribution in [0.15, 0.2) is 9.98 Å². The van der Waals surface area contributed by atoms with Crippen LogP contribution in [0.5, 0.6) is 0 Å². The molecule has 0 saturated carbocycles. The third kappa shape index (κ3) is 1.85. The third-order valence-electron chi connectivity index (χ3n) is 3.55. The monoisotopic (exact) mass is 285 g/mol. The molecule has 3 rings (SSSR count). The SMILES string of the molecule is NC1=NC2C(N=CN2[C@@H]2O[C@H](CO)[C@@H](O)[C@H]2O)C(=O)N1. The van der Waals surface area contributed by atoms with Crippen molar-refractivity contribution in [2.75, 3.05) is 6.61 Å². The molecule has 3 aliphatic heterocycles. The van der Waals surface area contributed by atoms with Crippen LogP contribution in [-0.4, -0.2) is 81.8 Å². The van der Waals surface area contributed by atoms with E-state index in [2.05, 4.69) is 15.3 Å². The Kier molecular flexibility index (Phi) is 3.09. The predicted octanol–water partition coefficient (Wildman–Crippen LogP) is -4.09. The molecule has 6 N–H and O–H groups in total. The molecule has 0 spiro atoms. The number of hydrogen-bond acceptors (Lipinski definition) is 9. The number of aliphatic imine (C=N–C) groups is 2. The van der Waals surface area contributed by atoms with Gasteiger partial charge in [0.05, 0.1) is 12.9 Å². The number of carbonyl (C=O) groups is 1. The van der Waals surface area contributed by atoms with E-state index in [1.165, 1.54) is 11.2 Å². The number of nitrogens with zero attached hydrogens (tertiary/aromatic N) is 3. The predicted molar refractivity (Wildman–Crippen MR) is 65.4 cm³/mol. The zero-order valence-electron chi connectivity index (χ0n) is 10.3. The summed E-state index contributed by atoms with van der Waals surface area (Å²) in [5.41, 5.74) is 5.50. The van der Waals surface area contributed by atoms with E-state index in [4.69, 9.17) is 15.6 Å². The van der Waals surface area contributed by atoms with Crippen molar-refractivity contribution in [1.29, 1.82) is 0 Å². The standard InChI is InChI=1S/C10H15N5O5/c11-10-13-7-4(8(19)14-10)12-2-15(7)9-6(18)5(17)3(1-16)20-9/h2-7,9,16-18H,1H2,(H3,11,13,14,19)/t3-,4?,5-,6-,7?,9-/m1/s1. The fourth-order valence-electron chi connectivity index (χ4n) is 2.52. The van der Waals surface area contributed by atoms with Gasteiger partial charge >= 0.3 is 0 Å². The second-order valence-electron chi connectivity index (χ2n) is 4.80. The number of hydrogen-bond donors (Lipinski definition) is 5. The minimum absolute atomic E-state index is 0.0431. The van der Waals surface area contributed by atoms with Gasteiger partial charge in [0.25, 0.3) is 5.91 Å². The number of aliphatic hydroxyl groups is 3. The van der Waals surface area contributed by atoms with Gasteiger partial charge in [0, 0.05) is 0 Å². The molecule has 10 nitrogen and oxygen atoms in total. The fraction of sp³-hybridized carbons (Fsp3) is 0.700. The lowest BCUT2D eigenvalue weighted by Crippen LogP contribution is -2.56. The Morgan fingerprint density at radius 1 is 1.45 bits per heavy atom. The van der Waals surface area contributed by atoms with E-state index in [-0.39, 0.29) is 5.96 Å². The average molecular weight is 285 g/mol. The quantitative estimate of drug-likeness (QED) is 0.345. The molecular weight excluding hydrogens is 270 g/mol. The van der Waals surface area contributed by atoms with Crippen molar-refractivity contribution in [3.8, 4) is 0 Å². The van der Waals surface area contributed by atoms with E-state index in [1.807, 2.05) is 0 Å². The van der Waals surface area contributed by atoms with Crippen LogP contribution < -0.4 is 11.1 Å². The van der Waals surface area contributed by atoms with Crippen LogP contribution in [0.1, 0.15) is 0 Å². The van der Waals surface area contributed by atoms with Gasteiger partial charge in [0.1, 0.15) is 18.3 Å². The summed E-state index contributed by atoms with van der Waals surface area (Å²) in [4.78, 5) is 21.2. The minimum Gasteiger partial charge on any atom is -0.394 e. The van der Waals surface area contributed by atoms with Crippen molar-refractivity contribution in [2.24, 2.45) is 15.7 Å². The summed E-state index contributed by atoms with van der Waals surface area (Å²) in [6.07, 6.45) is -3.73. The van der Waals surface area contributed by atoms with Crippen LogP contribution in [0.3, 0.4) is 0 Å². The van der Waals surface area contributed by atoms with Crippen LogP contribution >= 0.6 is 0 Å². The maximum absolute atomic E-state index is 11.7. The molecule has 10 heteroatoms. The number of nitrogens with one attached hydrogen (secondary N) is 1. The highest BCUT2D eigenvalue weighted by Crippen LogP contribution is 2.29. The molecule has 2 unspecified atom stereocenters. The Morgan fingerprint density at radius 2 is 2.20 bits per heavy atom. The van der Waals surface area contributed by atoms with Gasteiger partial charge in [0.15, 0.2) is 24.4 Å². The molecular formula is C10H15N5O5. The molecule has 0 aliphatic carbocycles. The highest BCUT2D eigenvalue weighted by Gasteiger charge is 2.50. The number of amides is 1. The van der Waals surface area contributed by atoms with Crippen molar-refractivity contribution in [1.82, 2.24) is 10.2 Å². The Labute approximate surface area is 113 Å². The molecule has 0 aromatic heterocycles. The average Bonchev–Trinajstić information content (AvgIpc) is 2.93. The molecule has 1 saturated heterocycles. The van der Waals surface area contributed by atoms with E-state index in [0.29, 0.717) is 0 Å². The lowest BCUT2D eigenvalue weighted by atomic mass is 10.1. The first-order valence-corrected chi connectivity index (χ1v) is 6.10. The highest BCUT2D eigenvalue weighted by atomic mass is 16.6. The Morgan fingerprint density at radius 3 is 2.85 bits per heavy atom. The van der Waals surface area contributed by atoms with Crippen LogP contribution in [0.2, 0.25) is 0 Å². The van der Waals surface area contributed by atoms with Crippen LogP contribution in [0, 0.1) is 0 Å². The van der Waals surface area contributed by atoms with Crippen molar-refractivity contribution >= 4 is 18.2 Å². The summed E-state index contributed by atoms with van der Waals surface area (Å²) in [6, 6.07) is -0.775. The van der Waals surface area contributed by atoms with E-state index in [0.717, 1.165) is 0 Å². The van der Waals surface area contributed by atoms with Crippen molar-refractivity contribution in [3.05, 3.63) is 0 Å². The molecule has 0 radical (unpaired) electrons. The molecule has 110 valence electrons. The Balaban J connectivity index is 1.84. The third-order valence-corrected chi connectivity index (χ3v) is 3.55. The summed E-state index contributed by atoms with van der Waals surface area (Å²) >= 11 is 0. The molecule has 6 atom stereocenters. The number of carbonyl (C=O) groups excluding carboxylic acids is 1. The molecule has 20 heavy (non-hydrogen) atoms. The maximum atomic E-state index is 11.7. The minimum atomic E-state index is -1.25. The largest absolute Gasteiger partial charge is 0.394 e. The summed E-state index contributed by atoms with van der Waals surface area (Å²) in [5.74, 6) is -0.438. The Hall–Kier alpha value is -1.75. The van der Waals surface area contributed by atoms with Gasteiger partial charge in [-0.2, -0.15) is 0 Å². The van der Waals surface area contributed by atoms with Gasteiger partial charge in [-0.1, -0.05) is 0 Å². The maximum Gasteiger partial charge on any atom is 0.255 e. The lowest BCUT2D eigenvalue weighted by Gasteiger charge is -2.32. The van der Waals surface area contributed by atoms with E-state index < -0.39 is 49.3 Å². The fourth-order valence-corrected chi connectivity index (χ4v) is 2.52. The molecule has 0 aromatic rings. The van der Waals surface area contributed by atoms with E-state index in [1.54, 1.807) is 0 Å².